The van der Waals surface area contributed by atoms with Crippen LogP contribution in [0.3, 0.4) is 0 Å². The summed E-state index contributed by atoms with van der Waals surface area (Å²) in [6, 6.07) is 2.96. The Labute approximate surface area is 68.1 Å². The molecule has 0 amide bonds. The molecule has 4 nitrogen and oxygen atoms in total. The molecule has 0 atom stereocenters. The zero-order valence-electron chi connectivity index (χ0n) is 6.32. The van der Waals surface area contributed by atoms with E-state index in [1.807, 2.05) is 0 Å². The van der Waals surface area contributed by atoms with Crippen LogP contribution in [0.4, 0.5) is 0 Å². The Balaban J connectivity index is 2.75. The minimum Gasteiger partial charge on any atom is -0.390 e. The molecule has 0 saturated heterocycles. The van der Waals surface area contributed by atoms with E-state index in [0.29, 0.717) is 11.3 Å². The van der Waals surface area contributed by atoms with Gasteiger partial charge in [0.1, 0.15) is 5.65 Å². The SMILES string of the molecule is O=c1ccn2cc(CO)[nH]c2c1. The average Bonchev–Trinajstić information content (AvgIpc) is 2.46. The quantitative estimate of drug-likeness (QED) is 0.629. The zero-order valence-corrected chi connectivity index (χ0v) is 6.32. The number of imidazole rings is 1. The van der Waals surface area contributed by atoms with Gasteiger partial charge in [-0.25, -0.2) is 0 Å². The lowest BCUT2D eigenvalue weighted by atomic mass is 10.5. The van der Waals surface area contributed by atoms with Crippen molar-refractivity contribution in [1.82, 2.24) is 9.38 Å². The van der Waals surface area contributed by atoms with Crippen LogP contribution in [0.5, 0.6) is 0 Å². The van der Waals surface area contributed by atoms with Crippen LogP contribution >= 0.6 is 0 Å². The van der Waals surface area contributed by atoms with Gasteiger partial charge in [-0.2, -0.15) is 0 Å². The topological polar surface area (TPSA) is 57.5 Å². The molecule has 12 heavy (non-hydrogen) atoms. The van der Waals surface area contributed by atoms with Crippen LogP contribution < -0.4 is 5.43 Å². The Morgan fingerprint density at radius 3 is 3.17 bits per heavy atom. The van der Waals surface area contributed by atoms with E-state index in [0.717, 1.165) is 0 Å². The van der Waals surface area contributed by atoms with Gasteiger partial charge in [-0.1, -0.05) is 0 Å². The number of fused-ring (bicyclic) bond motifs is 1. The predicted molar refractivity (Wildman–Crippen MR) is 43.9 cm³/mol. The number of nitrogens with one attached hydrogen (secondary N) is 1. The van der Waals surface area contributed by atoms with Crippen molar-refractivity contribution in [2.24, 2.45) is 0 Å². The maximum Gasteiger partial charge on any atom is 0.183 e. The first kappa shape index (κ1) is 7.12. The molecule has 0 spiro atoms. The van der Waals surface area contributed by atoms with E-state index >= 15 is 0 Å². The summed E-state index contributed by atoms with van der Waals surface area (Å²) >= 11 is 0. The smallest absolute Gasteiger partial charge is 0.183 e. The highest BCUT2D eigenvalue weighted by Gasteiger charge is 1.97. The number of H-pyrrole nitrogens is 1. The molecule has 0 aromatic carbocycles. The summed E-state index contributed by atoms with van der Waals surface area (Å²) < 4.78 is 1.76. The third kappa shape index (κ3) is 1.02. The Hall–Kier alpha value is -1.55. The summed E-state index contributed by atoms with van der Waals surface area (Å²) in [4.78, 5) is 13.8. The van der Waals surface area contributed by atoms with Crippen LogP contribution in [0.2, 0.25) is 0 Å². The number of hydrogen-bond acceptors (Lipinski definition) is 2. The molecule has 0 aliphatic rings. The predicted octanol–water partition coefficient (Wildman–Crippen LogP) is 0.120. The van der Waals surface area contributed by atoms with E-state index in [4.69, 9.17) is 5.11 Å². The first-order chi connectivity index (χ1) is 5.79. The molecule has 0 aliphatic heterocycles. The number of aliphatic hydroxyl groups is 1. The standard InChI is InChI=1S/C8H8N2O2/c11-5-6-4-10-2-1-7(12)3-8(10)9-6/h1-4,9,11H,5H2. The second-order valence-corrected chi connectivity index (χ2v) is 2.59. The number of nitrogens with zero attached hydrogens (tertiary/aromatic N) is 1. The van der Waals surface area contributed by atoms with Crippen LogP contribution in [0.15, 0.2) is 29.3 Å². The molecule has 2 aromatic heterocycles. The molecular formula is C8H8N2O2. The third-order valence-electron chi connectivity index (χ3n) is 1.71. The second kappa shape index (κ2) is 2.49. The Kier molecular flexibility index (Phi) is 1.48. The van der Waals surface area contributed by atoms with Crippen LogP contribution in [0, 0.1) is 0 Å². The number of hydrogen-bond donors (Lipinski definition) is 2. The maximum absolute atomic E-state index is 10.9. The van der Waals surface area contributed by atoms with Gasteiger partial charge in [-0.3, -0.25) is 4.79 Å². The van der Waals surface area contributed by atoms with Gasteiger partial charge in [0.2, 0.25) is 0 Å². The van der Waals surface area contributed by atoms with Crippen LogP contribution in [-0.4, -0.2) is 14.5 Å². The van der Waals surface area contributed by atoms with Crippen LogP contribution in [0.25, 0.3) is 5.65 Å². The highest BCUT2D eigenvalue weighted by molar-refractivity contribution is 5.39. The second-order valence-electron chi connectivity index (χ2n) is 2.59. The normalized spacial score (nSPS) is 10.8. The monoisotopic (exact) mass is 164 g/mol. The van der Waals surface area contributed by atoms with Crippen molar-refractivity contribution in [2.45, 2.75) is 6.61 Å². The number of aromatic nitrogens is 2. The molecule has 0 aliphatic carbocycles. The van der Waals surface area contributed by atoms with Gasteiger partial charge in [0.15, 0.2) is 5.43 Å². The number of pyridine rings is 1. The summed E-state index contributed by atoms with van der Waals surface area (Å²) in [6.07, 6.45) is 3.40. The van der Waals surface area contributed by atoms with Crippen LogP contribution in [0.1, 0.15) is 5.69 Å². The fourth-order valence-corrected chi connectivity index (χ4v) is 1.15. The van der Waals surface area contributed by atoms with Crippen LogP contribution in [-0.2, 0) is 6.61 Å². The summed E-state index contributed by atoms with van der Waals surface area (Å²) in [7, 11) is 0. The Bertz CT molecular complexity index is 455. The number of rotatable bonds is 1. The van der Waals surface area contributed by atoms with E-state index in [1.165, 1.54) is 12.1 Å². The van der Waals surface area contributed by atoms with Crippen molar-refractivity contribution >= 4 is 5.65 Å². The van der Waals surface area contributed by atoms with E-state index in [2.05, 4.69) is 4.98 Å². The molecule has 2 aromatic rings. The lowest BCUT2D eigenvalue weighted by Gasteiger charge is -1.87. The molecule has 2 rings (SSSR count). The fourth-order valence-electron chi connectivity index (χ4n) is 1.15. The van der Waals surface area contributed by atoms with Crippen molar-refractivity contribution in [2.75, 3.05) is 0 Å². The first-order valence-electron chi connectivity index (χ1n) is 3.60. The Morgan fingerprint density at radius 2 is 2.42 bits per heavy atom. The number of aliphatic hydroxyl groups excluding tert-OH is 1. The molecule has 0 fully saturated rings. The molecule has 4 heteroatoms. The Morgan fingerprint density at radius 1 is 1.58 bits per heavy atom. The average molecular weight is 164 g/mol. The first-order valence-corrected chi connectivity index (χ1v) is 3.60. The van der Waals surface area contributed by atoms with Gasteiger partial charge in [0, 0.05) is 24.5 Å². The minimum absolute atomic E-state index is 0.0404. The largest absolute Gasteiger partial charge is 0.390 e. The molecule has 0 bridgehead atoms. The van der Waals surface area contributed by atoms with E-state index in [1.54, 1.807) is 16.8 Å². The van der Waals surface area contributed by atoms with Crippen molar-refractivity contribution in [3.8, 4) is 0 Å². The summed E-state index contributed by atoms with van der Waals surface area (Å²) in [5, 5.41) is 8.79. The molecule has 0 saturated carbocycles. The maximum atomic E-state index is 10.9. The fraction of sp³-hybridized carbons (Fsp3) is 0.125. The highest BCUT2D eigenvalue weighted by Crippen LogP contribution is 2.01. The van der Waals surface area contributed by atoms with E-state index in [9.17, 15) is 4.79 Å². The molecule has 2 heterocycles. The third-order valence-corrected chi connectivity index (χ3v) is 1.71. The number of aromatic amines is 1. The van der Waals surface area contributed by atoms with Gasteiger partial charge in [-0.15, -0.1) is 0 Å². The molecule has 0 radical (unpaired) electrons. The minimum atomic E-state index is -0.0458. The van der Waals surface area contributed by atoms with Crippen molar-refractivity contribution in [3.05, 3.63) is 40.4 Å². The molecule has 0 unspecified atom stereocenters. The van der Waals surface area contributed by atoms with Gasteiger partial charge >= 0.3 is 0 Å². The lowest BCUT2D eigenvalue weighted by Crippen LogP contribution is -1.97. The summed E-state index contributed by atoms with van der Waals surface area (Å²) in [5.74, 6) is 0. The molecule has 2 N–H and O–H groups in total. The van der Waals surface area contributed by atoms with Gasteiger partial charge in [0.25, 0.3) is 0 Å². The molecule has 62 valence electrons. The molecular weight excluding hydrogens is 156 g/mol. The van der Waals surface area contributed by atoms with E-state index in [-0.39, 0.29) is 12.0 Å². The zero-order chi connectivity index (χ0) is 8.55. The summed E-state index contributed by atoms with van der Waals surface area (Å²) in [5.41, 5.74) is 1.36. The highest BCUT2D eigenvalue weighted by atomic mass is 16.3. The van der Waals surface area contributed by atoms with Gasteiger partial charge in [-0.05, 0) is 0 Å². The van der Waals surface area contributed by atoms with Crippen molar-refractivity contribution < 1.29 is 5.11 Å². The van der Waals surface area contributed by atoms with Crippen molar-refractivity contribution in [1.29, 1.82) is 0 Å². The van der Waals surface area contributed by atoms with Gasteiger partial charge in [0.05, 0.1) is 12.3 Å². The van der Waals surface area contributed by atoms with Crippen molar-refractivity contribution in [3.63, 3.8) is 0 Å². The lowest BCUT2D eigenvalue weighted by molar-refractivity contribution is 0.277. The van der Waals surface area contributed by atoms with E-state index < -0.39 is 0 Å². The summed E-state index contributed by atoms with van der Waals surface area (Å²) in [6.45, 7) is -0.0458. The van der Waals surface area contributed by atoms with Gasteiger partial charge < -0.3 is 14.5 Å².